The third kappa shape index (κ3) is 5.44. The highest BCUT2D eigenvalue weighted by Gasteiger charge is 2.35. The van der Waals surface area contributed by atoms with E-state index in [0.29, 0.717) is 26.3 Å². The van der Waals surface area contributed by atoms with Crippen molar-refractivity contribution in [3.63, 3.8) is 0 Å². The highest BCUT2D eigenvalue weighted by Crippen LogP contribution is 2.35. The second-order valence-corrected chi connectivity index (χ2v) is 9.61. The van der Waals surface area contributed by atoms with Crippen LogP contribution in [0.2, 0.25) is 0 Å². The predicted molar refractivity (Wildman–Crippen MR) is 147 cm³/mol. The molecule has 4 aromatic rings. The topological polar surface area (TPSA) is 107 Å². The monoisotopic (exact) mass is 540 g/mol. The number of carbonyl (C=O) groups is 2. The summed E-state index contributed by atoms with van der Waals surface area (Å²) in [6.07, 6.45) is 1.70. The zero-order valence-corrected chi connectivity index (χ0v) is 21.8. The minimum Gasteiger partial charge on any atom is -0.482 e. The van der Waals surface area contributed by atoms with Gasteiger partial charge in [-0.05, 0) is 36.3 Å². The van der Waals surface area contributed by atoms with E-state index in [1.165, 1.54) is 15.9 Å². The lowest BCUT2D eigenvalue weighted by Crippen LogP contribution is -2.39. The molecule has 196 valence electrons. The summed E-state index contributed by atoms with van der Waals surface area (Å²) in [6.45, 7) is 1.44. The molecule has 1 aliphatic rings. The van der Waals surface area contributed by atoms with Crippen LogP contribution < -0.4 is 19.6 Å². The fourth-order valence-electron chi connectivity index (χ4n) is 4.38. The summed E-state index contributed by atoms with van der Waals surface area (Å²) in [5.74, 6) is -1.25. The van der Waals surface area contributed by atoms with Gasteiger partial charge in [-0.3, -0.25) is 9.36 Å². The van der Waals surface area contributed by atoms with Crippen LogP contribution in [0.3, 0.4) is 0 Å². The van der Waals surface area contributed by atoms with Crippen molar-refractivity contribution in [1.82, 2.24) is 4.57 Å². The lowest BCUT2D eigenvalue weighted by molar-refractivity contribution is -0.140. The van der Waals surface area contributed by atoms with Crippen molar-refractivity contribution in [2.24, 2.45) is 4.99 Å². The Morgan fingerprint density at radius 2 is 1.74 bits per heavy atom. The maximum absolute atomic E-state index is 13.9. The molecule has 1 atom stereocenters. The quantitative estimate of drug-likeness (QED) is 0.344. The Kier molecular flexibility index (Phi) is 7.51. The molecular weight excluding hydrogens is 516 g/mol. The van der Waals surface area contributed by atoms with E-state index in [9.17, 15) is 14.4 Å². The van der Waals surface area contributed by atoms with Gasteiger partial charge in [0.15, 0.2) is 11.4 Å². The summed E-state index contributed by atoms with van der Waals surface area (Å²) in [7, 11) is 0. The first-order chi connectivity index (χ1) is 19.0. The van der Waals surface area contributed by atoms with Crippen molar-refractivity contribution in [3.05, 3.63) is 127 Å². The molecule has 0 unspecified atom stereocenters. The van der Waals surface area contributed by atoms with E-state index in [4.69, 9.17) is 19.6 Å². The summed E-state index contributed by atoms with van der Waals surface area (Å²) < 4.78 is 12.7. The van der Waals surface area contributed by atoms with Gasteiger partial charge < -0.3 is 14.6 Å². The minimum atomic E-state index is -1.08. The molecule has 8 nitrogen and oxygen atoms in total. The number of hydrogen-bond donors (Lipinski definition) is 1. The highest BCUT2D eigenvalue weighted by atomic mass is 32.1. The van der Waals surface area contributed by atoms with Gasteiger partial charge in [0.05, 0.1) is 28.5 Å². The molecule has 0 bridgehead atoms. The molecule has 0 saturated carbocycles. The Morgan fingerprint density at radius 1 is 1.03 bits per heavy atom. The molecule has 9 heteroatoms. The van der Waals surface area contributed by atoms with Crippen molar-refractivity contribution in [3.8, 4) is 5.75 Å². The van der Waals surface area contributed by atoms with Gasteiger partial charge in [0.25, 0.3) is 5.56 Å². The SMILES string of the molecule is CCOC(=O)C1=C(c2ccccc2)N=c2s/c(=C\c3cccc(OCC(=O)O)c3)c(=O)n2[C@H]1c1ccccc1. The number of aliphatic carboxylic acids is 1. The number of hydrogen-bond acceptors (Lipinski definition) is 7. The van der Waals surface area contributed by atoms with E-state index in [2.05, 4.69) is 0 Å². The third-order valence-corrected chi connectivity index (χ3v) is 6.99. The first-order valence-electron chi connectivity index (χ1n) is 12.2. The van der Waals surface area contributed by atoms with E-state index < -0.39 is 24.6 Å². The number of thiazole rings is 1. The van der Waals surface area contributed by atoms with Gasteiger partial charge in [-0.1, -0.05) is 84.1 Å². The molecule has 1 aromatic heterocycles. The van der Waals surface area contributed by atoms with Crippen LogP contribution in [0.5, 0.6) is 5.75 Å². The molecule has 5 rings (SSSR count). The Balaban J connectivity index is 1.73. The van der Waals surface area contributed by atoms with Crippen LogP contribution >= 0.6 is 11.3 Å². The molecule has 1 N–H and O–H groups in total. The van der Waals surface area contributed by atoms with E-state index in [1.54, 1.807) is 37.3 Å². The van der Waals surface area contributed by atoms with Gasteiger partial charge in [0, 0.05) is 5.56 Å². The van der Waals surface area contributed by atoms with E-state index in [1.807, 2.05) is 60.7 Å². The summed E-state index contributed by atoms with van der Waals surface area (Å²) in [6, 6.07) is 24.8. The van der Waals surface area contributed by atoms with Crippen LogP contribution in [-0.4, -0.2) is 34.8 Å². The number of carboxylic acids is 1. The largest absolute Gasteiger partial charge is 0.482 e. The molecule has 0 amide bonds. The predicted octanol–water partition coefficient (Wildman–Crippen LogP) is 3.40. The standard InChI is InChI=1S/C30H24N2O6S/c1-2-37-29(36)25-26(20-11-5-3-6-12-20)31-30-32(27(25)21-13-7-4-8-14-21)28(35)23(39-30)17-19-10-9-15-22(16-19)38-18-24(33)34/h3-17,27H,2,18H2,1H3,(H,33,34)/b23-17-/t27-/m0/s1. The van der Waals surface area contributed by atoms with Gasteiger partial charge in [-0.15, -0.1) is 0 Å². The number of carbonyl (C=O) groups excluding carboxylic acids is 1. The average molecular weight is 541 g/mol. The van der Waals surface area contributed by atoms with Crippen molar-refractivity contribution >= 4 is 35.0 Å². The lowest BCUT2D eigenvalue weighted by Gasteiger charge is -2.25. The average Bonchev–Trinajstić information content (AvgIpc) is 3.26. The van der Waals surface area contributed by atoms with Crippen LogP contribution in [0.1, 0.15) is 29.7 Å². The van der Waals surface area contributed by atoms with Crippen molar-refractivity contribution in [2.45, 2.75) is 13.0 Å². The molecule has 39 heavy (non-hydrogen) atoms. The summed E-state index contributed by atoms with van der Waals surface area (Å²) >= 11 is 1.21. The van der Waals surface area contributed by atoms with E-state index in [0.717, 1.165) is 11.1 Å². The van der Waals surface area contributed by atoms with Crippen LogP contribution in [0.4, 0.5) is 0 Å². The highest BCUT2D eigenvalue weighted by molar-refractivity contribution is 7.07. The smallest absolute Gasteiger partial charge is 0.341 e. The number of aromatic nitrogens is 1. The molecule has 0 fully saturated rings. The summed E-state index contributed by atoms with van der Waals surface area (Å²) in [5, 5.41) is 8.90. The maximum Gasteiger partial charge on any atom is 0.341 e. The number of ether oxygens (including phenoxy) is 2. The van der Waals surface area contributed by atoms with Gasteiger partial charge in [-0.25, -0.2) is 14.6 Å². The number of carboxylic acid groups (broad SMARTS) is 1. The Bertz CT molecular complexity index is 1740. The number of nitrogens with zero attached hydrogens (tertiary/aromatic N) is 2. The van der Waals surface area contributed by atoms with Gasteiger partial charge in [-0.2, -0.15) is 0 Å². The van der Waals surface area contributed by atoms with Crippen molar-refractivity contribution in [2.75, 3.05) is 13.2 Å². The lowest BCUT2D eigenvalue weighted by atomic mass is 9.93. The first-order valence-corrected chi connectivity index (χ1v) is 13.1. The van der Waals surface area contributed by atoms with Gasteiger partial charge >= 0.3 is 11.9 Å². The normalized spacial score (nSPS) is 14.9. The molecule has 2 heterocycles. The van der Waals surface area contributed by atoms with Crippen molar-refractivity contribution < 1.29 is 24.2 Å². The third-order valence-electron chi connectivity index (χ3n) is 6.01. The Hall–Kier alpha value is -4.76. The Morgan fingerprint density at radius 3 is 2.44 bits per heavy atom. The zero-order valence-electron chi connectivity index (χ0n) is 20.9. The molecule has 0 saturated heterocycles. The minimum absolute atomic E-state index is 0.177. The van der Waals surface area contributed by atoms with Crippen LogP contribution in [-0.2, 0) is 14.3 Å². The second-order valence-electron chi connectivity index (χ2n) is 8.60. The molecular formula is C30H24N2O6S. The molecule has 1 aliphatic heterocycles. The summed E-state index contributed by atoms with van der Waals surface area (Å²) in [5.41, 5.74) is 2.59. The second kappa shape index (κ2) is 11.3. The molecule has 0 aliphatic carbocycles. The fourth-order valence-corrected chi connectivity index (χ4v) is 5.38. The molecule has 3 aromatic carbocycles. The number of rotatable bonds is 8. The number of benzene rings is 3. The first kappa shape index (κ1) is 25.9. The molecule has 0 radical (unpaired) electrons. The van der Waals surface area contributed by atoms with Crippen molar-refractivity contribution in [1.29, 1.82) is 0 Å². The van der Waals surface area contributed by atoms with Gasteiger partial charge in [0.2, 0.25) is 0 Å². The van der Waals surface area contributed by atoms with E-state index in [-0.39, 0.29) is 17.7 Å². The van der Waals surface area contributed by atoms with E-state index >= 15 is 0 Å². The number of fused-ring (bicyclic) bond motifs is 1. The van der Waals surface area contributed by atoms with Crippen LogP contribution in [0.25, 0.3) is 11.8 Å². The summed E-state index contributed by atoms with van der Waals surface area (Å²) in [4.78, 5) is 43.4. The molecule has 0 spiro atoms. The fraction of sp³-hybridized carbons (Fsp3) is 0.133. The van der Waals surface area contributed by atoms with Crippen LogP contribution in [0, 0.1) is 0 Å². The number of esters is 1. The maximum atomic E-state index is 13.9. The van der Waals surface area contributed by atoms with Crippen LogP contribution in [0.15, 0.2) is 100 Å². The zero-order chi connectivity index (χ0) is 27.4. The Labute approximate surface area is 227 Å². The van der Waals surface area contributed by atoms with Gasteiger partial charge in [0.1, 0.15) is 5.75 Å².